The molecule has 0 N–H and O–H groups in total. The predicted octanol–water partition coefficient (Wildman–Crippen LogP) is 6.38. The highest BCUT2D eigenvalue weighted by Gasteiger charge is 2.31. The Bertz CT molecular complexity index is 685. The number of carbonyl (C=O) groups is 2. The van der Waals surface area contributed by atoms with Crippen molar-refractivity contribution in [1.29, 1.82) is 0 Å². The van der Waals surface area contributed by atoms with Crippen molar-refractivity contribution in [3.8, 4) is 11.5 Å². The number of rotatable bonds is 18. The minimum atomic E-state index is -1.01. The van der Waals surface area contributed by atoms with Gasteiger partial charge in [0.2, 0.25) is 0 Å². The smallest absolute Gasteiger partial charge is 0.320 e. The molecule has 0 bridgehead atoms. The lowest BCUT2D eigenvalue weighted by Gasteiger charge is -2.21. The number of esters is 2. The highest BCUT2D eigenvalue weighted by molar-refractivity contribution is 5.95. The minimum absolute atomic E-state index is 0.190. The number of carbonyl (C=O) groups excluding carboxylic acids is 2. The number of benzene rings is 1. The van der Waals surface area contributed by atoms with E-state index in [1.165, 1.54) is 0 Å². The molecule has 0 aliphatic heterocycles. The average Bonchev–Trinajstić information content (AvgIpc) is 2.86. The Morgan fingerprint density at radius 3 is 1.68 bits per heavy atom. The number of methoxy groups -OCH3 is 2. The first-order chi connectivity index (χ1) is 16.4. The molecule has 0 aliphatic carbocycles. The molecule has 0 radical (unpaired) electrons. The van der Waals surface area contributed by atoms with Crippen LogP contribution in [0.25, 0.3) is 0 Å². The van der Waals surface area contributed by atoms with Gasteiger partial charge < -0.3 is 18.9 Å². The highest BCUT2D eigenvalue weighted by Crippen LogP contribution is 2.29. The van der Waals surface area contributed by atoms with Crippen molar-refractivity contribution >= 4 is 11.9 Å². The van der Waals surface area contributed by atoms with Gasteiger partial charge in [0, 0.05) is 0 Å². The van der Waals surface area contributed by atoms with E-state index in [2.05, 4.69) is 27.7 Å². The molecule has 0 aromatic heterocycles. The third-order valence-corrected chi connectivity index (χ3v) is 6.47. The van der Waals surface area contributed by atoms with Gasteiger partial charge >= 0.3 is 11.9 Å². The Labute approximate surface area is 206 Å². The van der Waals surface area contributed by atoms with Gasteiger partial charge in [-0.2, -0.15) is 0 Å². The fourth-order valence-corrected chi connectivity index (χ4v) is 3.90. The van der Waals surface area contributed by atoms with E-state index in [0.29, 0.717) is 36.5 Å². The molecule has 6 heteroatoms. The van der Waals surface area contributed by atoms with Gasteiger partial charge in [0.1, 0.15) is 0 Å². The van der Waals surface area contributed by atoms with Crippen LogP contribution in [0.1, 0.15) is 84.6 Å². The van der Waals surface area contributed by atoms with E-state index in [1.807, 2.05) is 6.07 Å². The Morgan fingerprint density at radius 1 is 0.765 bits per heavy atom. The van der Waals surface area contributed by atoms with Gasteiger partial charge in [-0.1, -0.05) is 72.3 Å². The average molecular weight is 479 g/mol. The molecule has 0 spiro atoms. The van der Waals surface area contributed by atoms with Crippen molar-refractivity contribution in [3.63, 3.8) is 0 Å². The standard InChI is InChI=1S/C28H46O6/c1-7-11-13-21(9-3)19-33-27(29)24(28(30)34-20-22(10-4)14-12-8-2)17-23-15-16-25(31-5)26(18-23)32-6/h15-16,18,21-22,24H,7-14,17,19-20H2,1-6H3. The lowest BCUT2D eigenvalue weighted by molar-refractivity contribution is -0.163. The fourth-order valence-electron chi connectivity index (χ4n) is 3.90. The summed E-state index contributed by atoms with van der Waals surface area (Å²) >= 11 is 0. The molecule has 1 rings (SSSR count). The zero-order chi connectivity index (χ0) is 25.3. The van der Waals surface area contributed by atoms with E-state index >= 15 is 0 Å². The third-order valence-electron chi connectivity index (χ3n) is 6.47. The van der Waals surface area contributed by atoms with Crippen molar-refractivity contribution in [2.75, 3.05) is 27.4 Å². The van der Waals surface area contributed by atoms with Crippen LogP contribution >= 0.6 is 0 Å². The summed E-state index contributed by atoms with van der Waals surface area (Å²) in [7, 11) is 3.13. The van der Waals surface area contributed by atoms with Crippen molar-refractivity contribution < 1.29 is 28.5 Å². The second kappa shape index (κ2) is 17.2. The maximum absolute atomic E-state index is 13.1. The third kappa shape index (κ3) is 10.4. The molecule has 0 saturated carbocycles. The van der Waals surface area contributed by atoms with E-state index in [-0.39, 0.29) is 6.42 Å². The molecule has 2 unspecified atom stereocenters. The van der Waals surface area contributed by atoms with E-state index < -0.39 is 17.9 Å². The lowest BCUT2D eigenvalue weighted by atomic mass is 9.97. The Morgan fingerprint density at radius 2 is 1.26 bits per heavy atom. The first-order valence-electron chi connectivity index (χ1n) is 13.0. The number of hydrogen-bond donors (Lipinski definition) is 0. The van der Waals surface area contributed by atoms with Crippen LogP contribution in [-0.4, -0.2) is 39.4 Å². The van der Waals surface area contributed by atoms with Crippen molar-refractivity contribution in [2.45, 2.75) is 85.5 Å². The second-order valence-electron chi connectivity index (χ2n) is 9.04. The summed E-state index contributed by atoms with van der Waals surface area (Å²) in [6.45, 7) is 9.17. The highest BCUT2D eigenvalue weighted by atomic mass is 16.6. The molecular weight excluding hydrogens is 432 g/mol. The van der Waals surface area contributed by atoms with E-state index in [0.717, 1.165) is 56.9 Å². The Hall–Kier alpha value is -2.24. The molecular formula is C28H46O6. The molecule has 1 aromatic carbocycles. The monoisotopic (exact) mass is 478 g/mol. The zero-order valence-corrected chi connectivity index (χ0v) is 22.2. The van der Waals surface area contributed by atoms with Crippen molar-refractivity contribution in [1.82, 2.24) is 0 Å². The molecule has 0 amide bonds. The van der Waals surface area contributed by atoms with Gasteiger partial charge in [-0.15, -0.1) is 0 Å². The fraction of sp³-hybridized carbons (Fsp3) is 0.714. The summed E-state index contributed by atoms with van der Waals surface area (Å²) in [4.78, 5) is 26.1. The number of ether oxygens (including phenoxy) is 4. The van der Waals surface area contributed by atoms with E-state index in [4.69, 9.17) is 18.9 Å². The maximum Gasteiger partial charge on any atom is 0.320 e. The Kier molecular flexibility index (Phi) is 15.1. The van der Waals surface area contributed by atoms with Crippen molar-refractivity contribution in [2.24, 2.45) is 17.8 Å². The largest absolute Gasteiger partial charge is 0.493 e. The quantitative estimate of drug-likeness (QED) is 0.180. The molecule has 0 aliphatic rings. The van der Waals surface area contributed by atoms with E-state index in [9.17, 15) is 9.59 Å². The molecule has 1 aromatic rings. The SMILES string of the molecule is CCCCC(CC)COC(=O)C(Cc1ccc(OC)c(OC)c1)C(=O)OCC(CC)CCCC. The van der Waals surface area contributed by atoms with Crippen LogP contribution in [-0.2, 0) is 25.5 Å². The van der Waals surface area contributed by atoms with Crippen LogP contribution in [0.4, 0.5) is 0 Å². The topological polar surface area (TPSA) is 71.1 Å². The maximum atomic E-state index is 13.1. The molecule has 0 heterocycles. The first-order valence-corrected chi connectivity index (χ1v) is 13.0. The van der Waals surface area contributed by atoms with Crippen LogP contribution in [0.2, 0.25) is 0 Å². The van der Waals surface area contributed by atoms with Gasteiger partial charge in [0.15, 0.2) is 17.4 Å². The lowest BCUT2D eigenvalue weighted by Crippen LogP contribution is -2.32. The summed E-state index contributed by atoms with van der Waals surface area (Å²) in [6, 6.07) is 5.40. The van der Waals surface area contributed by atoms with Gasteiger partial charge in [0.05, 0.1) is 27.4 Å². The second-order valence-corrected chi connectivity index (χ2v) is 9.04. The summed E-state index contributed by atoms with van der Waals surface area (Å²) in [5.74, 6) is -0.286. The molecule has 0 saturated heterocycles. The van der Waals surface area contributed by atoms with Crippen LogP contribution in [0, 0.1) is 17.8 Å². The summed E-state index contributed by atoms with van der Waals surface area (Å²) in [6.07, 6.45) is 8.51. The van der Waals surface area contributed by atoms with Crippen LogP contribution in [0.3, 0.4) is 0 Å². The van der Waals surface area contributed by atoms with Crippen molar-refractivity contribution in [3.05, 3.63) is 23.8 Å². The molecule has 0 fully saturated rings. The summed E-state index contributed by atoms with van der Waals surface area (Å²) in [5.41, 5.74) is 0.785. The number of hydrogen-bond acceptors (Lipinski definition) is 6. The minimum Gasteiger partial charge on any atom is -0.493 e. The van der Waals surface area contributed by atoms with Gasteiger partial charge in [0.25, 0.3) is 0 Å². The molecule has 194 valence electrons. The number of unbranched alkanes of at least 4 members (excludes halogenated alkanes) is 2. The zero-order valence-electron chi connectivity index (χ0n) is 22.2. The predicted molar refractivity (Wildman–Crippen MR) is 135 cm³/mol. The molecule has 2 atom stereocenters. The summed E-state index contributed by atoms with van der Waals surface area (Å²) in [5, 5.41) is 0. The van der Waals surface area contributed by atoms with Crippen LogP contribution < -0.4 is 9.47 Å². The normalized spacial score (nSPS) is 13.6. The van der Waals surface area contributed by atoms with Gasteiger partial charge in [-0.3, -0.25) is 9.59 Å². The van der Waals surface area contributed by atoms with E-state index in [1.54, 1.807) is 26.4 Å². The first kappa shape index (κ1) is 29.8. The molecule has 34 heavy (non-hydrogen) atoms. The Balaban J connectivity index is 2.96. The van der Waals surface area contributed by atoms with Crippen LogP contribution in [0.5, 0.6) is 11.5 Å². The summed E-state index contributed by atoms with van der Waals surface area (Å²) < 4.78 is 22.0. The molecule has 6 nitrogen and oxygen atoms in total. The van der Waals surface area contributed by atoms with Crippen LogP contribution in [0.15, 0.2) is 18.2 Å². The van der Waals surface area contributed by atoms with Gasteiger partial charge in [-0.05, 0) is 48.8 Å². The van der Waals surface area contributed by atoms with Gasteiger partial charge in [-0.25, -0.2) is 0 Å².